The zero-order chi connectivity index (χ0) is 31.2. The van der Waals surface area contributed by atoms with Gasteiger partial charge in [-0.1, -0.05) is 18.2 Å². The molecule has 4 rings (SSSR count). The fourth-order valence-electron chi connectivity index (χ4n) is 4.92. The van der Waals surface area contributed by atoms with Gasteiger partial charge in [0, 0.05) is 36.9 Å². The summed E-state index contributed by atoms with van der Waals surface area (Å²) in [4.78, 5) is 38.2. The van der Waals surface area contributed by atoms with Crippen LogP contribution in [0.3, 0.4) is 0 Å². The first kappa shape index (κ1) is 31.7. The minimum Gasteiger partial charge on any atom is -0.469 e. The van der Waals surface area contributed by atoms with Crippen LogP contribution < -0.4 is 5.32 Å². The van der Waals surface area contributed by atoms with Crippen LogP contribution in [-0.4, -0.2) is 57.7 Å². The normalized spacial score (nSPS) is 14.3. The van der Waals surface area contributed by atoms with Crippen molar-refractivity contribution in [3.63, 3.8) is 0 Å². The van der Waals surface area contributed by atoms with E-state index in [1.54, 1.807) is 17.0 Å². The lowest BCUT2D eigenvalue weighted by atomic mass is 9.89. The first-order valence-electron chi connectivity index (χ1n) is 14.1. The summed E-state index contributed by atoms with van der Waals surface area (Å²) in [6.45, 7) is 6.73. The van der Waals surface area contributed by atoms with Crippen molar-refractivity contribution < 1.29 is 32.2 Å². The molecule has 1 aromatic carbocycles. The standard InChI is InChI=1S/C31H36F3N5O4/c1-30(2,3)43-29(41)39-16-13-21(14-17-39)20-7-9-23(10-8-20)37-28-36-19-24(31(32,33)34)26(38-28)12-11-25-22(6-5-15-35-25)18-27(40)42-4/h5-10,15,19,21H,11-14,16-18H2,1-4H3,(H,36,37,38). The molecule has 12 heteroatoms. The number of carbonyl (C=O) groups is 2. The van der Waals surface area contributed by atoms with Gasteiger partial charge in [-0.15, -0.1) is 0 Å². The van der Waals surface area contributed by atoms with E-state index in [0.29, 0.717) is 30.0 Å². The number of likely N-dealkylation sites (tertiary alicyclic amines) is 1. The number of halogens is 3. The zero-order valence-corrected chi connectivity index (χ0v) is 24.7. The Kier molecular flexibility index (Phi) is 9.87. The van der Waals surface area contributed by atoms with E-state index >= 15 is 0 Å². The van der Waals surface area contributed by atoms with Crippen LogP contribution in [0.2, 0.25) is 0 Å². The summed E-state index contributed by atoms with van der Waals surface area (Å²) >= 11 is 0. The number of carbonyl (C=O) groups excluding carboxylic acids is 2. The summed E-state index contributed by atoms with van der Waals surface area (Å²) in [6.07, 6.45) is -0.957. The first-order chi connectivity index (χ1) is 20.3. The van der Waals surface area contributed by atoms with Crippen LogP contribution in [0.4, 0.5) is 29.6 Å². The van der Waals surface area contributed by atoms with E-state index in [1.165, 1.54) is 13.3 Å². The molecular formula is C31H36F3N5O4. The first-order valence-corrected chi connectivity index (χ1v) is 14.1. The van der Waals surface area contributed by atoms with Gasteiger partial charge in [-0.05, 0) is 81.7 Å². The van der Waals surface area contributed by atoms with Crippen molar-refractivity contribution in [1.82, 2.24) is 19.9 Å². The van der Waals surface area contributed by atoms with Crippen LogP contribution in [0.1, 0.15) is 67.6 Å². The van der Waals surface area contributed by atoms with Crippen molar-refractivity contribution in [2.75, 3.05) is 25.5 Å². The number of alkyl halides is 3. The second-order valence-electron chi connectivity index (χ2n) is 11.4. The number of aromatic nitrogens is 3. The third kappa shape index (κ3) is 8.89. The van der Waals surface area contributed by atoms with E-state index in [-0.39, 0.29) is 42.9 Å². The fraction of sp³-hybridized carbons (Fsp3) is 0.452. The number of piperidine rings is 1. The van der Waals surface area contributed by atoms with Crippen LogP contribution >= 0.6 is 0 Å². The van der Waals surface area contributed by atoms with Crippen LogP contribution in [-0.2, 0) is 39.7 Å². The molecule has 0 spiro atoms. The molecule has 0 bridgehead atoms. The Morgan fingerprint density at radius 2 is 1.67 bits per heavy atom. The topological polar surface area (TPSA) is 107 Å². The molecule has 3 heterocycles. The van der Waals surface area contributed by atoms with Crippen molar-refractivity contribution >= 4 is 23.7 Å². The van der Waals surface area contributed by atoms with Gasteiger partial charge in [-0.25, -0.2) is 14.8 Å². The molecule has 1 aliphatic heterocycles. The minimum absolute atomic E-state index is 0.0266. The highest BCUT2D eigenvalue weighted by Crippen LogP contribution is 2.33. The minimum atomic E-state index is -4.63. The van der Waals surface area contributed by atoms with Gasteiger partial charge in [0.25, 0.3) is 0 Å². The van der Waals surface area contributed by atoms with Crippen molar-refractivity contribution in [3.05, 3.63) is 76.9 Å². The predicted octanol–water partition coefficient (Wildman–Crippen LogP) is 6.25. The Morgan fingerprint density at radius 1 is 1.00 bits per heavy atom. The summed E-state index contributed by atoms with van der Waals surface area (Å²) in [6, 6.07) is 11.0. The number of hydrogen-bond donors (Lipinski definition) is 1. The molecule has 1 fully saturated rings. The monoisotopic (exact) mass is 599 g/mol. The number of benzene rings is 1. The van der Waals surface area contributed by atoms with E-state index < -0.39 is 23.3 Å². The average molecular weight is 600 g/mol. The lowest BCUT2D eigenvalue weighted by Crippen LogP contribution is -2.41. The SMILES string of the molecule is COC(=O)Cc1cccnc1CCc1nc(Nc2ccc(C3CCN(C(=O)OC(C)(C)C)CC3)cc2)ncc1C(F)(F)F. The van der Waals surface area contributed by atoms with Gasteiger partial charge in [0.05, 0.1) is 24.8 Å². The highest BCUT2D eigenvalue weighted by molar-refractivity contribution is 5.72. The van der Waals surface area contributed by atoms with Crippen LogP contribution in [0, 0.1) is 0 Å². The summed E-state index contributed by atoms with van der Waals surface area (Å²) < 4.78 is 51.5. The molecule has 2 aromatic heterocycles. The Labute approximate surface area is 248 Å². The van der Waals surface area contributed by atoms with Crippen molar-refractivity contribution in [3.8, 4) is 0 Å². The van der Waals surface area contributed by atoms with Gasteiger partial charge in [0.15, 0.2) is 0 Å². The number of pyridine rings is 1. The molecule has 230 valence electrons. The lowest BCUT2D eigenvalue weighted by molar-refractivity contribution is -0.140. The van der Waals surface area contributed by atoms with Crippen molar-refractivity contribution in [1.29, 1.82) is 0 Å². The summed E-state index contributed by atoms with van der Waals surface area (Å²) in [5, 5.41) is 3.00. The van der Waals surface area contributed by atoms with Gasteiger partial charge in [-0.3, -0.25) is 9.78 Å². The maximum absolute atomic E-state index is 13.8. The van der Waals surface area contributed by atoms with Crippen molar-refractivity contribution in [2.24, 2.45) is 0 Å². The number of aryl methyl sites for hydroxylation is 2. The molecule has 0 unspecified atom stereocenters. The van der Waals surface area contributed by atoms with E-state index in [4.69, 9.17) is 9.47 Å². The van der Waals surface area contributed by atoms with E-state index in [9.17, 15) is 22.8 Å². The Hall–Kier alpha value is -4.22. The quantitative estimate of drug-likeness (QED) is 0.303. The largest absolute Gasteiger partial charge is 0.469 e. The number of ether oxygens (including phenoxy) is 2. The van der Waals surface area contributed by atoms with Gasteiger partial charge >= 0.3 is 18.2 Å². The second-order valence-corrected chi connectivity index (χ2v) is 11.4. The fourth-order valence-corrected chi connectivity index (χ4v) is 4.92. The molecule has 3 aromatic rings. The Balaban J connectivity index is 1.42. The second kappa shape index (κ2) is 13.4. The zero-order valence-electron chi connectivity index (χ0n) is 24.7. The predicted molar refractivity (Wildman–Crippen MR) is 154 cm³/mol. The summed E-state index contributed by atoms with van der Waals surface area (Å²) in [5.41, 5.74) is 1.20. The van der Waals surface area contributed by atoms with E-state index in [2.05, 4.69) is 20.3 Å². The molecule has 1 amide bonds. The lowest BCUT2D eigenvalue weighted by Gasteiger charge is -2.33. The molecule has 0 atom stereocenters. The number of anilines is 2. The maximum atomic E-state index is 13.8. The number of rotatable bonds is 8. The highest BCUT2D eigenvalue weighted by Gasteiger charge is 2.35. The highest BCUT2D eigenvalue weighted by atomic mass is 19.4. The maximum Gasteiger partial charge on any atom is 0.419 e. The molecule has 0 aliphatic carbocycles. The van der Waals surface area contributed by atoms with Crippen LogP contribution in [0.25, 0.3) is 0 Å². The van der Waals surface area contributed by atoms with Gasteiger partial charge in [0.1, 0.15) is 5.60 Å². The van der Waals surface area contributed by atoms with Gasteiger partial charge in [0.2, 0.25) is 5.95 Å². The van der Waals surface area contributed by atoms with Crippen LogP contribution in [0.15, 0.2) is 48.8 Å². The number of hydrogen-bond acceptors (Lipinski definition) is 8. The number of esters is 1. The Morgan fingerprint density at radius 3 is 2.30 bits per heavy atom. The van der Waals surface area contributed by atoms with Gasteiger partial charge in [-0.2, -0.15) is 13.2 Å². The van der Waals surface area contributed by atoms with Gasteiger partial charge < -0.3 is 19.7 Å². The third-order valence-corrected chi connectivity index (χ3v) is 7.10. The van der Waals surface area contributed by atoms with E-state index in [0.717, 1.165) is 24.6 Å². The molecular weight excluding hydrogens is 563 g/mol. The molecule has 1 N–H and O–H groups in total. The number of nitrogens with zero attached hydrogens (tertiary/aromatic N) is 4. The molecule has 0 saturated carbocycles. The Bertz CT molecular complexity index is 1420. The number of methoxy groups -OCH3 is 1. The molecule has 1 aliphatic rings. The summed E-state index contributed by atoms with van der Waals surface area (Å²) in [7, 11) is 1.27. The molecule has 43 heavy (non-hydrogen) atoms. The average Bonchev–Trinajstić information content (AvgIpc) is 2.96. The van der Waals surface area contributed by atoms with Crippen LogP contribution in [0.5, 0.6) is 0 Å². The number of nitrogens with one attached hydrogen (secondary N) is 1. The third-order valence-electron chi connectivity index (χ3n) is 7.10. The van der Waals surface area contributed by atoms with E-state index in [1.807, 2.05) is 45.0 Å². The molecule has 0 radical (unpaired) electrons. The smallest absolute Gasteiger partial charge is 0.419 e. The number of amides is 1. The summed E-state index contributed by atoms with van der Waals surface area (Å²) in [5.74, 6) is -0.148. The molecule has 9 nitrogen and oxygen atoms in total. The molecule has 1 saturated heterocycles. The van der Waals surface area contributed by atoms with Crippen molar-refractivity contribution in [2.45, 2.75) is 70.6 Å².